The average Bonchev–Trinajstić information content (AvgIpc) is 3.14. The Morgan fingerprint density at radius 3 is 2.64 bits per heavy atom. The molecule has 1 aromatic carbocycles. The minimum atomic E-state index is -4.00. The third kappa shape index (κ3) is 3.56. The Morgan fingerprint density at radius 1 is 1.07 bits per heavy atom. The first-order valence-electron chi connectivity index (χ1n) is 8.25. The van der Waals surface area contributed by atoms with Gasteiger partial charge in [-0.15, -0.1) is 11.3 Å². The zero-order valence-corrected chi connectivity index (χ0v) is 15.9. The molecule has 7 nitrogen and oxygen atoms in total. The summed E-state index contributed by atoms with van der Waals surface area (Å²) in [5.74, 6) is -0.862. The second kappa shape index (κ2) is 6.88. The Hall–Kier alpha value is -2.98. The number of hydrogen-bond acceptors (Lipinski definition) is 5. The van der Waals surface area contributed by atoms with Crippen LogP contribution in [0.3, 0.4) is 0 Å². The number of pyridine rings is 1. The van der Waals surface area contributed by atoms with E-state index in [1.165, 1.54) is 24.4 Å². The van der Waals surface area contributed by atoms with E-state index in [9.17, 15) is 22.4 Å². The molecule has 0 saturated carbocycles. The molecule has 0 radical (unpaired) electrons. The van der Waals surface area contributed by atoms with Crippen molar-refractivity contribution >= 4 is 49.3 Å². The first-order valence-corrected chi connectivity index (χ1v) is 10.6. The van der Waals surface area contributed by atoms with Crippen LogP contribution in [0.5, 0.6) is 0 Å². The van der Waals surface area contributed by atoms with E-state index in [2.05, 4.69) is 15.0 Å². The summed E-state index contributed by atoms with van der Waals surface area (Å²) in [4.78, 5) is 25.8. The van der Waals surface area contributed by atoms with Crippen molar-refractivity contribution in [3.63, 3.8) is 0 Å². The number of nitrogens with one attached hydrogen (secondary N) is 3. The molecule has 0 fully saturated rings. The van der Waals surface area contributed by atoms with Gasteiger partial charge in [-0.05, 0) is 41.6 Å². The zero-order chi connectivity index (χ0) is 19.9. The standard InChI is InChI=1S/C18H14FN3O4S2/c19-13-5-11-7-17(24)21-9-12(11)6-14(13)22-28(25,26)18-4-2-15(27-18)10-1-3-16(23)20-8-10/h2,4-9,22H,1,3H2,(H,20,23)(H,21,24). The van der Waals surface area contributed by atoms with E-state index < -0.39 is 15.8 Å². The topological polar surface area (TPSA) is 108 Å². The second-order valence-electron chi connectivity index (χ2n) is 6.22. The van der Waals surface area contributed by atoms with Crippen molar-refractivity contribution in [2.45, 2.75) is 17.1 Å². The van der Waals surface area contributed by atoms with Gasteiger partial charge >= 0.3 is 0 Å². The van der Waals surface area contributed by atoms with Crippen LogP contribution >= 0.6 is 11.3 Å². The number of aromatic amines is 1. The number of benzene rings is 1. The SMILES string of the molecule is O=C1CCC(c2ccc(S(=O)(=O)Nc3cc4c[nH]c(=O)cc4cc3F)s2)=CN1. The smallest absolute Gasteiger partial charge is 0.271 e. The number of fused-ring (bicyclic) bond motifs is 1. The Kier molecular flexibility index (Phi) is 4.52. The van der Waals surface area contributed by atoms with Crippen molar-refractivity contribution in [1.29, 1.82) is 0 Å². The van der Waals surface area contributed by atoms with Crippen LogP contribution in [0.15, 0.2) is 51.7 Å². The number of hydrogen-bond donors (Lipinski definition) is 3. The van der Waals surface area contributed by atoms with Crippen LogP contribution in [-0.4, -0.2) is 19.3 Å². The van der Waals surface area contributed by atoms with Gasteiger partial charge in [0.2, 0.25) is 11.5 Å². The average molecular weight is 419 g/mol. The van der Waals surface area contributed by atoms with Crippen molar-refractivity contribution in [2.75, 3.05) is 4.72 Å². The van der Waals surface area contributed by atoms with Gasteiger partial charge in [0.25, 0.3) is 10.0 Å². The Labute approximate surface area is 163 Å². The molecule has 3 heterocycles. The summed E-state index contributed by atoms with van der Waals surface area (Å²) in [7, 11) is -4.00. The fourth-order valence-corrected chi connectivity index (χ4v) is 5.26. The molecule has 0 saturated heterocycles. The molecule has 1 aliphatic heterocycles. The second-order valence-corrected chi connectivity index (χ2v) is 9.21. The Bertz CT molecular complexity index is 1290. The summed E-state index contributed by atoms with van der Waals surface area (Å²) in [6, 6.07) is 6.77. The Morgan fingerprint density at radius 2 is 1.89 bits per heavy atom. The van der Waals surface area contributed by atoms with Gasteiger partial charge in [-0.25, -0.2) is 12.8 Å². The monoisotopic (exact) mass is 419 g/mol. The molecule has 3 N–H and O–H groups in total. The highest BCUT2D eigenvalue weighted by atomic mass is 32.2. The molecule has 0 unspecified atom stereocenters. The summed E-state index contributed by atoms with van der Waals surface area (Å²) >= 11 is 1.04. The predicted octanol–water partition coefficient (Wildman–Crippen LogP) is 2.78. The molecule has 0 spiro atoms. The number of allylic oxidation sites excluding steroid dienone is 1. The van der Waals surface area contributed by atoms with Gasteiger partial charge in [0, 0.05) is 35.1 Å². The first-order chi connectivity index (χ1) is 13.3. The van der Waals surface area contributed by atoms with Crippen LogP contribution in [-0.2, 0) is 14.8 Å². The highest BCUT2D eigenvalue weighted by Gasteiger charge is 2.21. The maximum absolute atomic E-state index is 14.3. The normalized spacial score (nSPS) is 14.6. The number of rotatable bonds is 4. The lowest BCUT2D eigenvalue weighted by Gasteiger charge is -2.11. The number of sulfonamides is 1. The molecular formula is C18H14FN3O4S2. The molecule has 10 heteroatoms. The molecule has 2 aromatic heterocycles. The van der Waals surface area contributed by atoms with E-state index >= 15 is 0 Å². The van der Waals surface area contributed by atoms with Crippen molar-refractivity contribution in [2.24, 2.45) is 0 Å². The van der Waals surface area contributed by atoms with E-state index in [0.29, 0.717) is 23.6 Å². The van der Waals surface area contributed by atoms with E-state index in [4.69, 9.17) is 0 Å². The number of thiophene rings is 1. The summed E-state index contributed by atoms with van der Waals surface area (Å²) < 4.78 is 42.0. The summed E-state index contributed by atoms with van der Waals surface area (Å²) in [5, 5.41) is 3.48. The lowest BCUT2D eigenvalue weighted by Crippen LogP contribution is -2.20. The van der Waals surface area contributed by atoms with Crippen LogP contribution in [0.25, 0.3) is 16.3 Å². The van der Waals surface area contributed by atoms with Crippen LogP contribution in [0.4, 0.5) is 10.1 Å². The Balaban J connectivity index is 1.64. The van der Waals surface area contributed by atoms with E-state index in [1.54, 1.807) is 12.3 Å². The van der Waals surface area contributed by atoms with E-state index in [0.717, 1.165) is 27.9 Å². The van der Waals surface area contributed by atoms with Crippen LogP contribution in [0.1, 0.15) is 17.7 Å². The molecule has 28 heavy (non-hydrogen) atoms. The van der Waals surface area contributed by atoms with Crippen molar-refractivity contribution in [3.05, 3.63) is 63.8 Å². The molecular weight excluding hydrogens is 405 g/mol. The van der Waals surface area contributed by atoms with Gasteiger partial charge in [-0.3, -0.25) is 14.3 Å². The van der Waals surface area contributed by atoms with Crippen LogP contribution in [0.2, 0.25) is 0 Å². The lowest BCUT2D eigenvalue weighted by molar-refractivity contribution is -0.120. The van der Waals surface area contributed by atoms with Crippen LogP contribution < -0.4 is 15.6 Å². The number of H-pyrrole nitrogens is 1. The number of halogens is 1. The molecule has 0 atom stereocenters. The maximum Gasteiger partial charge on any atom is 0.271 e. The molecule has 0 aliphatic carbocycles. The largest absolute Gasteiger partial charge is 0.332 e. The zero-order valence-electron chi connectivity index (χ0n) is 14.3. The van der Waals surface area contributed by atoms with Crippen molar-refractivity contribution in [1.82, 2.24) is 10.3 Å². The number of carbonyl (C=O) groups is 1. The third-order valence-electron chi connectivity index (χ3n) is 4.27. The van der Waals surface area contributed by atoms with Crippen molar-refractivity contribution in [3.8, 4) is 0 Å². The van der Waals surface area contributed by atoms with Gasteiger partial charge in [0.1, 0.15) is 10.0 Å². The summed E-state index contributed by atoms with van der Waals surface area (Å²) in [6.45, 7) is 0. The van der Waals surface area contributed by atoms with Crippen molar-refractivity contribution < 1.29 is 17.6 Å². The highest BCUT2D eigenvalue weighted by molar-refractivity contribution is 7.94. The minimum Gasteiger partial charge on any atom is -0.332 e. The minimum absolute atomic E-state index is 0.0289. The number of amides is 1. The third-order valence-corrected chi connectivity index (χ3v) is 7.28. The molecule has 144 valence electrons. The first kappa shape index (κ1) is 18.4. The molecule has 1 aliphatic rings. The van der Waals surface area contributed by atoms with Gasteiger partial charge < -0.3 is 10.3 Å². The van der Waals surface area contributed by atoms with E-state index in [1.807, 2.05) is 0 Å². The fraction of sp³-hybridized carbons (Fsp3) is 0.111. The lowest BCUT2D eigenvalue weighted by atomic mass is 10.1. The number of carbonyl (C=O) groups excluding carboxylic acids is 1. The quantitative estimate of drug-likeness (QED) is 0.604. The highest BCUT2D eigenvalue weighted by Crippen LogP contribution is 2.32. The summed E-state index contributed by atoms with van der Waals surface area (Å²) in [6.07, 6.45) is 3.83. The van der Waals surface area contributed by atoms with Gasteiger partial charge in [-0.2, -0.15) is 0 Å². The summed E-state index contributed by atoms with van der Waals surface area (Å²) in [5.41, 5.74) is 0.255. The number of aromatic nitrogens is 1. The molecule has 3 aromatic rings. The van der Waals surface area contributed by atoms with Crippen LogP contribution in [0, 0.1) is 5.82 Å². The fourth-order valence-electron chi connectivity index (χ4n) is 2.85. The molecule has 0 bridgehead atoms. The maximum atomic E-state index is 14.3. The van der Waals surface area contributed by atoms with Gasteiger partial charge in [0.05, 0.1) is 5.69 Å². The van der Waals surface area contributed by atoms with Gasteiger partial charge in [0.15, 0.2) is 0 Å². The van der Waals surface area contributed by atoms with Gasteiger partial charge in [-0.1, -0.05) is 0 Å². The molecule has 4 rings (SSSR count). The number of anilines is 1. The van der Waals surface area contributed by atoms with E-state index in [-0.39, 0.29) is 21.4 Å². The predicted molar refractivity (Wildman–Crippen MR) is 105 cm³/mol. The molecule has 1 amide bonds.